The Bertz CT molecular complexity index is 1380. The summed E-state index contributed by atoms with van der Waals surface area (Å²) < 4.78 is 28.5. The number of carbonyl (C=O) groups is 1. The number of methoxy groups -OCH3 is 1. The number of hydrogen-bond donors (Lipinski definition) is 0. The van der Waals surface area contributed by atoms with Gasteiger partial charge < -0.3 is 18.0 Å². The highest BCUT2D eigenvalue weighted by atomic mass is 32.1. The van der Waals surface area contributed by atoms with Crippen LogP contribution < -0.4 is 0 Å². The standard InChI is InChI=1S/C42H76O5SSi3/c1-39(2,3)49(11,12)45-33-30-37(47-51(15,16)41(7,8)9)42(31-33,27-22-18-17-19-25-38(43)44-10)28-26-34(46-50(13,14)40(4,5)6)36-29-32-23-20-21-24-35(32)48-36/h20-21,23-24,29,33-34,37H,17-19,22,25-28,30-31H2,1-16H3/t33-,34?,37-,42+/m0/s1. The van der Waals surface area contributed by atoms with Crippen LogP contribution in [0.4, 0.5) is 0 Å². The average molecular weight is 777 g/mol. The number of hydrogen-bond acceptors (Lipinski definition) is 6. The highest BCUT2D eigenvalue weighted by Gasteiger charge is 2.53. The summed E-state index contributed by atoms with van der Waals surface area (Å²) in [5, 5.41) is 1.70. The van der Waals surface area contributed by atoms with Crippen molar-refractivity contribution >= 4 is 52.3 Å². The molecule has 1 saturated carbocycles. The van der Waals surface area contributed by atoms with Crippen LogP contribution in [-0.4, -0.2) is 50.2 Å². The van der Waals surface area contributed by atoms with Crippen LogP contribution in [0.5, 0.6) is 0 Å². The maximum atomic E-state index is 11.8. The molecule has 0 radical (unpaired) electrons. The third-order valence-corrected chi connectivity index (χ3v) is 28.0. The van der Waals surface area contributed by atoms with E-state index in [-0.39, 0.29) is 44.8 Å². The van der Waals surface area contributed by atoms with Crippen LogP contribution in [-0.2, 0) is 22.8 Å². The molecule has 5 nitrogen and oxygen atoms in total. The fraction of sp³-hybridized carbons (Fsp3) is 0.786. The zero-order valence-corrected chi connectivity index (χ0v) is 39.5. The number of esters is 1. The highest BCUT2D eigenvalue weighted by Crippen LogP contribution is 2.55. The minimum absolute atomic E-state index is 0.00335. The molecule has 1 fully saturated rings. The maximum absolute atomic E-state index is 11.8. The Morgan fingerprint density at radius 2 is 1.37 bits per heavy atom. The summed E-state index contributed by atoms with van der Waals surface area (Å²) in [7, 11) is -4.67. The minimum atomic E-state index is -2.08. The Balaban J connectivity index is 2.05. The van der Waals surface area contributed by atoms with Crippen LogP contribution in [0.1, 0.15) is 138 Å². The zero-order chi connectivity index (χ0) is 38.7. The predicted octanol–water partition coefficient (Wildman–Crippen LogP) is 13.8. The third kappa shape index (κ3) is 11.6. The number of unbranched alkanes of at least 4 members (excludes halogenated alkanes) is 3. The van der Waals surface area contributed by atoms with Crippen molar-refractivity contribution in [2.75, 3.05) is 7.11 Å². The largest absolute Gasteiger partial charge is 0.469 e. The molecule has 1 aromatic heterocycles. The SMILES string of the molecule is COC(=O)CCCCCC[C@@]1(CCC(O[Si](C)(C)C(C)(C)C)c2cc3ccccc3s2)C[C@@H](O[Si](C)(C)C(C)(C)C)C[C@@H]1O[Si](C)(C)C(C)(C)C. The van der Waals surface area contributed by atoms with Crippen LogP contribution in [0.25, 0.3) is 10.1 Å². The fourth-order valence-corrected chi connectivity index (χ4v) is 12.1. The van der Waals surface area contributed by atoms with E-state index in [9.17, 15) is 4.79 Å². The summed E-state index contributed by atoms with van der Waals surface area (Å²) >= 11 is 1.91. The van der Waals surface area contributed by atoms with Gasteiger partial charge in [0.05, 0.1) is 19.3 Å². The quantitative estimate of drug-likeness (QED) is 0.0910. The van der Waals surface area contributed by atoms with Crippen molar-refractivity contribution in [3.05, 3.63) is 35.2 Å². The summed E-state index contributed by atoms with van der Waals surface area (Å²) in [5.74, 6) is -0.107. The lowest BCUT2D eigenvalue weighted by atomic mass is 9.74. The monoisotopic (exact) mass is 776 g/mol. The first-order valence-corrected chi connectivity index (χ1v) is 29.4. The minimum Gasteiger partial charge on any atom is -0.469 e. The first-order valence-electron chi connectivity index (χ1n) is 19.8. The molecule has 1 aromatic carbocycles. The van der Waals surface area contributed by atoms with E-state index in [0.29, 0.717) is 6.42 Å². The second-order valence-electron chi connectivity index (χ2n) is 20.3. The van der Waals surface area contributed by atoms with E-state index >= 15 is 0 Å². The van der Waals surface area contributed by atoms with Crippen molar-refractivity contribution in [3.63, 3.8) is 0 Å². The van der Waals surface area contributed by atoms with E-state index in [1.54, 1.807) is 0 Å². The molecule has 0 aliphatic heterocycles. The Kier molecular flexibility index (Phi) is 14.8. The van der Waals surface area contributed by atoms with Gasteiger partial charge in [0.25, 0.3) is 0 Å². The number of ether oxygens (including phenoxy) is 1. The summed E-state index contributed by atoms with van der Waals surface area (Å²) in [5.41, 5.74) is -0.00335. The van der Waals surface area contributed by atoms with Crippen molar-refractivity contribution in [3.8, 4) is 0 Å². The van der Waals surface area contributed by atoms with Gasteiger partial charge in [-0.3, -0.25) is 4.79 Å². The van der Waals surface area contributed by atoms with E-state index in [0.717, 1.165) is 57.8 Å². The van der Waals surface area contributed by atoms with E-state index in [2.05, 4.69) is 132 Å². The molecule has 1 heterocycles. The van der Waals surface area contributed by atoms with Crippen LogP contribution >= 0.6 is 11.3 Å². The molecule has 1 unspecified atom stereocenters. The van der Waals surface area contributed by atoms with Crippen LogP contribution in [0.15, 0.2) is 30.3 Å². The summed E-state index contributed by atoms with van der Waals surface area (Å²) in [4.78, 5) is 13.2. The van der Waals surface area contributed by atoms with Gasteiger partial charge in [-0.25, -0.2) is 0 Å². The molecule has 1 aliphatic rings. The Hall–Kier alpha value is -0.819. The predicted molar refractivity (Wildman–Crippen MR) is 228 cm³/mol. The molecule has 0 amide bonds. The van der Waals surface area contributed by atoms with E-state index < -0.39 is 25.0 Å². The van der Waals surface area contributed by atoms with Gasteiger partial charge in [-0.15, -0.1) is 11.3 Å². The molecule has 0 saturated heterocycles. The second-order valence-corrected chi connectivity index (χ2v) is 35.6. The molecule has 0 bridgehead atoms. The zero-order valence-electron chi connectivity index (χ0n) is 35.6. The van der Waals surface area contributed by atoms with Crippen molar-refractivity contribution in [1.82, 2.24) is 0 Å². The van der Waals surface area contributed by atoms with Crippen LogP contribution in [0, 0.1) is 5.41 Å². The lowest BCUT2D eigenvalue weighted by Crippen LogP contribution is -2.48. The van der Waals surface area contributed by atoms with E-state index in [1.807, 2.05) is 11.3 Å². The van der Waals surface area contributed by atoms with Crippen molar-refractivity contribution in [1.29, 1.82) is 0 Å². The van der Waals surface area contributed by atoms with Gasteiger partial charge in [0, 0.05) is 22.1 Å². The smallest absolute Gasteiger partial charge is 0.305 e. The summed E-state index contributed by atoms with van der Waals surface area (Å²) in [6.07, 6.45) is 10.2. The molecule has 3 rings (SSSR count). The van der Waals surface area contributed by atoms with Gasteiger partial charge in [-0.2, -0.15) is 0 Å². The first-order chi connectivity index (χ1) is 23.2. The topological polar surface area (TPSA) is 54.0 Å². The summed E-state index contributed by atoms with van der Waals surface area (Å²) in [6.45, 7) is 35.7. The molecule has 0 spiro atoms. The number of fused-ring (bicyclic) bond motifs is 1. The third-order valence-electron chi connectivity index (χ3n) is 13.2. The maximum Gasteiger partial charge on any atom is 0.305 e. The van der Waals surface area contributed by atoms with Gasteiger partial charge >= 0.3 is 5.97 Å². The van der Waals surface area contributed by atoms with Crippen LogP contribution in [0.2, 0.25) is 54.4 Å². The van der Waals surface area contributed by atoms with Crippen molar-refractivity contribution < 1.29 is 22.8 Å². The van der Waals surface area contributed by atoms with Crippen molar-refractivity contribution in [2.24, 2.45) is 5.41 Å². The molecular weight excluding hydrogens is 701 g/mol. The van der Waals surface area contributed by atoms with Crippen molar-refractivity contribution in [2.45, 2.75) is 199 Å². The number of thiophene rings is 1. The number of rotatable bonds is 17. The summed E-state index contributed by atoms with van der Waals surface area (Å²) in [6, 6.07) is 11.2. The van der Waals surface area contributed by atoms with Gasteiger partial charge in [0.1, 0.15) is 0 Å². The first kappa shape index (κ1) is 44.6. The number of carbonyl (C=O) groups excluding carboxylic acids is 1. The van der Waals surface area contributed by atoms with Gasteiger partial charge in [-0.1, -0.05) is 99.8 Å². The molecule has 9 heteroatoms. The molecular formula is C42H76O5SSi3. The average Bonchev–Trinajstić information content (AvgIpc) is 3.56. The molecule has 51 heavy (non-hydrogen) atoms. The Morgan fingerprint density at radius 1 is 0.804 bits per heavy atom. The van der Waals surface area contributed by atoms with E-state index in [1.165, 1.54) is 22.1 Å². The molecule has 2 aromatic rings. The number of benzene rings is 1. The molecule has 1 aliphatic carbocycles. The van der Waals surface area contributed by atoms with Gasteiger partial charge in [-0.05, 0) is 116 Å². The molecule has 292 valence electrons. The van der Waals surface area contributed by atoms with Crippen LogP contribution in [0.3, 0.4) is 0 Å². The molecule has 0 N–H and O–H groups in total. The van der Waals surface area contributed by atoms with Gasteiger partial charge in [0.15, 0.2) is 25.0 Å². The lowest BCUT2D eigenvalue weighted by molar-refractivity contribution is -0.140. The molecule has 4 atom stereocenters. The van der Waals surface area contributed by atoms with E-state index in [4.69, 9.17) is 18.0 Å². The fourth-order valence-electron chi connectivity index (χ4n) is 6.77. The van der Waals surface area contributed by atoms with Gasteiger partial charge in [0.2, 0.25) is 0 Å². The normalized spacial score (nSPS) is 21.7. The Morgan fingerprint density at radius 3 is 1.94 bits per heavy atom. The lowest BCUT2D eigenvalue weighted by Gasteiger charge is -2.45. The highest BCUT2D eigenvalue weighted by molar-refractivity contribution is 7.19. The second kappa shape index (κ2) is 16.9. The Labute approximate surface area is 320 Å².